The van der Waals surface area contributed by atoms with E-state index in [1.807, 2.05) is 0 Å². The Morgan fingerprint density at radius 2 is 2.19 bits per heavy atom. The van der Waals surface area contributed by atoms with Crippen LogP contribution in [0.15, 0.2) is 12.1 Å². The van der Waals surface area contributed by atoms with Crippen LogP contribution >= 0.6 is 11.6 Å². The molecule has 6 heteroatoms. The molecule has 5 nitrogen and oxygen atoms in total. The van der Waals surface area contributed by atoms with E-state index < -0.39 is 10.7 Å². The third-order valence-electron chi connectivity index (χ3n) is 1.93. The monoisotopic (exact) mass is 243 g/mol. The summed E-state index contributed by atoms with van der Waals surface area (Å²) in [6, 6.07) is 2.74. The number of halogens is 1. The van der Waals surface area contributed by atoms with Gasteiger partial charge in [-0.3, -0.25) is 14.9 Å². The molecule has 86 valence electrons. The van der Waals surface area contributed by atoms with Crippen LogP contribution in [0.2, 0.25) is 5.02 Å². The summed E-state index contributed by atoms with van der Waals surface area (Å²) in [6.45, 7) is 3.17. The molecule has 0 fully saturated rings. The van der Waals surface area contributed by atoms with Crippen LogP contribution in [0.1, 0.15) is 24.2 Å². The van der Waals surface area contributed by atoms with Gasteiger partial charge < -0.3 is 4.74 Å². The van der Waals surface area contributed by atoms with Crippen molar-refractivity contribution >= 4 is 23.1 Å². The Morgan fingerprint density at radius 1 is 1.56 bits per heavy atom. The number of nitrogens with zero attached hydrogens (tertiary/aromatic N) is 1. The lowest BCUT2D eigenvalue weighted by molar-refractivity contribution is -0.386. The zero-order valence-corrected chi connectivity index (χ0v) is 9.58. The Morgan fingerprint density at radius 3 is 2.62 bits per heavy atom. The molecular formula is C10H10ClNO4. The van der Waals surface area contributed by atoms with Crippen molar-refractivity contribution in [2.75, 3.05) is 6.61 Å². The molecular weight excluding hydrogens is 234 g/mol. The fraction of sp³-hybridized carbons (Fsp3) is 0.300. The van der Waals surface area contributed by atoms with Gasteiger partial charge in [0.15, 0.2) is 5.78 Å². The summed E-state index contributed by atoms with van der Waals surface area (Å²) < 4.78 is 5.09. The van der Waals surface area contributed by atoms with Crippen LogP contribution in [0, 0.1) is 10.1 Å². The predicted octanol–water partition coefficient (Wildman–Crippen LogP) is 2.85. The summed E-state index contributed by atoms with van der Waals surface area (Å²) >= 11 is 5.79. The minimum atomic E-state index is -0.659. The molecule has 0 amide bonds. The zero-order valence-electron chi connectivity index (χ0n) is 8.82. The molecule has 0 saturated carbocycles. The van der Waals surface area contributed by atoms with Crippen molar-refractivity contribution in [2.45, 2.75) is 13.8 Å². The lowest BCUT2D eigenvalue weighted by atomic mass is 10.1. The van der Waals surface area contributed by atoms with Crippen molar-refractivity contribution in [2.24, 2.45) is 0 Å². The zero-order chi connectivity index (χ0) is 12.3. The number of nitro benzene ring substituents is 1. The molecule has 0 heterocycles. The molecule has 0 atom stereocenters. The smallest absolute Gasteiger partial charge is 0.323 e. The van der Waals surface area contributed by atoms with Gasteiger partial charge in [-0.05, 0) is 26.0 Å². The van der Waals surface area contributed by atoms with Gasteiger partial charge in [-0.2, -0.15) is 0 Å². The first-order valence-electron chi connectivity index (χ1n) is 4.59. The fourth-order valence-corrected chi connectivity index (χ4v) is 1.50. The Hall–Kier alpha value is -1.62. The number of nitro groups is 1. The number of carbonyl (C=O) groups excluding carboxylic acids is 1. The molecule has 16 heavy (non-hydrogen) atoms. The number of hydrogen-bond acceptors (Lipinski definition) is 4. The maximum absolute atomic E-state index is 11.2. The van der Waals surface area contributed by atoms with Gasteiger partial charge in [-0.1, -0.05) is 11.6 Å². The third-order valence-corrected chi connectivity index (χ3v) is 2.23. The second-order valence-electron chi connectivity index (χ2n) is 3.02. The third kappa shape index (κ3) is 2.30. The van der Waals surface area contributed by atoms with Crippen LogP contribution in [0.3, 0.4) is 0 Å². The van der Waals surface area contributed by atoms with Crippen LogP contribution < -0.4 is 4.74 Å². The molecule has 1 rings (SSSR count). The number of benzene rings is 1. The van der Waals surface area contributed by atoms with Crippen molar-refractivity contribution in [3.8, 4) is 5.75 Å². The Labute approximate surface area is 97.1 Å². The first-order chi connectivity index (χ1) is 7.49. The highest BCUT2D eigenvalue weighted by atomic mass is 35.5. The molecule has 1 aromatic rings. The van der Waals surface area contributed by atoms with E-state index in [1.165, 1.54) is 19.1 Å². The number of carbonyl (C=O) groups is 1. The van der Waals surface area contributed by atoms with Gasteiger partial charge in [0.05, 0.1) is 22.1 Å². The number of ether oxygens (including phenoxy) is 1. The number of hydrogen-bond donors (Lipinski definition) is 0. The lowest BCUT2D eigenvalue weighted by Crippen LogP contribution is -2.04. The molecule has 1 aromatic carbocycles. The Bertz CT molecular complexity index is 445. The first-order valence-corrected chi connectivity index (χ1v) is 4.97. The number of ketones is 1. The maximum atomic E-state index is 11.2. The Kier molecular flexibility index (Phi) is 3.84. The highest BCUT2D eigenvalue weighted by molar-refractivity contribution is 6.32. The van der Waals surface area contributed by atoms with Crippen LogP contribution in [0.4, 0.5) is 5.69 Å². The molecule has 0 radical (unpaired) electrons. The predicted molar refractivity (Wildman–Crippen MR) is 59.3 cm³/mol. The summed E-state index contributed by atoms with van der Waals surface area (Å²) in [7, 11) is 0. The summed E-state index contributed by atoms with van der Waals surface area (Å²) in [5.41, 5.74) is -0.375. The van der Waals surface area contributed by atoms with Crippen LogP contribution in [0.5, 0.6) is 5.75 Å². The van der Waals surface area contributed by atoms with Gasteiger partial charge in [0.1, 0.15) is 0 Å². The standard InChI is InChI=1S/C10H10ClNO4/c1-3-16-10-8(11)5-4-7(6(2)13)9(10)12(14)15/h4-5H,3H2,1-2H3. The van der Waals surface area contributed by atoms with Gasteiger partial charge in [0, 0.05) is 0 Å². The van der Waals surface area contributed by atoms with E-state index in [0.29, 0.717) is 0 Å². The summed E-state index contributed by atoms with van der Waals surface area (Å²) in [4.78, 5) is 21.5. The van der Waals surface area contributed by atoms with Gasteiger partial charge in [-0.15, -0.1) is 0 Å². The molecule has 0 N–H and O–H groups in total. The van der Waals surface area contributed by atoms with Crippen molar-refractivity contribution in [3.63, 3.8) is 0 Å². The second kappa shape index (κ2) is 4.94. The molecule has 0 aromatic heterocycles. The second-order valence-corrected chi connectivity index (χ2v) is 3.43. The molecule has 0 aliphatic heterocycles. The van der Waals surface area contributed by atoms with Gasteiger partial charge in [-0.25, -0.2) is 0 Å². The largest absolute Gasteiger partial charge is 0.486 e. The number of Topliss-reactive ketones (excluding diaryl/α,β-unsaturated/α-hetero) is 1. The van der Waals surface area contributed by atoms with E-state index in [9.17, 15) is 14.9 Å². The van der Waals surface area contributed by atoms with Gasteiger partial charge >= 0.3 is 5.69 Å². The lowest BCUT2D eigenvalue weighted by Gasteiger charge is -2.08. The fourth-order valence-electron chi connectivity index (χ4n) is 1.29. The maximum Gasteiger partial charge on any atom is 0.323 e. The average molecular weight is 244 g/mol. The van der Waals surface area contributed by atoms with Crippen molar-refractivity contribution in [1.82, 2.24) is 0 Å². The quantitative estimate of drug-likeness (QED) is 0.463. The van der Waals surface area contributed by atoms with Crippen LogP contribution in [0.25, 0.3) is 0 Å². The minimum Gasteiger partial charge on any atom is -0.486 e. The average Bonchev–Trinajstić information content (AvgIpc) is 2.20. The SMILES string of the molecule is CCOc1c(Cl)ccc(C(C)=O)c1[N+](=O)[O-]. The van der Waals surface area contributed by atoms with Crippen LogP contribution in [-0.4, -0.2) is 17.3 Å². The highest BCUT2D eigenvalue weighted by Gasteiger charge is 2.26. The van der Waals surface area contributed by atoms with Crippen molar-refractivity contribution in [3.05, 3.63) is 32.8 Å². The van der Waals surface area contributed by atoms with E-state index in [4.69, 9.17) is 16.3 Å². The van der Waals surface area contributed by atoms with E-state index in [1.54, 1.807) is 6.92 Å². The molecule has 0 saturated heterocycles. The summed E-state index contributed by atoms with van der Waals surface area (Å²) in [5.74, 6) is -0.453. The molecule has 0 bridgehead atoms. The minimum absolute atomic E-state index is 0.00199. The van der Waals surface area contributed by atoms with E-state index in [0.717, 1.165) is 0 Å². The van der Waals surface area contributed by atoms with Crippen molar-refractivity contribution < 1.29 is 14.5 Å². The summed E-state index contributed by atoms with van der Waals surface area (Å²) in [6.07, 6.45) is 0. The molecule has 0 unspecified atom stereocenters. The van der Waals surface area contributed by atoms with Crippen molar-refractivity contribution in [1.29, 1.82) is 0 Å². The van der Waals surface area contributed by atoms with Gasteiger partial charge in [0.25, 0.3) is 0 Å². The van der Waals surface area contributed by atoms with Gasteiger partial charge in [0.2, 0.25) is 5.75 Å². The van der Waals surface area contributed by atoms with E-state index in [-0.39, 0.29) is 28.6 Å². The van der Waals surface area contributed by atoms with Crippen LogP contribution in [-0.2, 0) is 0 Å². The Balaban J connectivity index is 3.49. The highest BCUT2D eigenvalue weighted by Crippen LogP contribution is 2.37. The topological polar surface area (TPSA) is 69.4 Å². The molecule has 0 spiro atoms. The van der Waals surface area contributed by atoms with E-state index in [2.05, 4.69) is 0 Å². The summed E-state index contributed by atoms with van der Waals surface area (Å²) in [5, 5.41) is 11.0. The first kappa shape index (κ1) is 12.4. The molecule has 0 aliphatic carbocycles. The van der Waals surface area contributed by atoms with E-state index >= 15 is 0 Å². The normalized spacial score (nSPS) is 9.94. The number of rotatable bonds is 4. The molecule has 0 aliphatic rings.